The summed E-state index contributed by atoms with van der Waals surface area (Å²) in [5.74, 6) is 0.495. The Balaban J connectivity index is 1.95. The van der Waals surface area contributed by atoms with E-state index < -0.39 is 0 Å². The third-order valence-electron chi connectivity index (χ3n) is 4.51. The van der Waals surface area contributed by atoms with Crippen molar-refractivity contribution in [2.75, 3.05) is 19.6 Å². The number of Topliss-reactive ketones (excluding diaryl/α,β-unsaturated/α-hetero) is 1. The van der Waals surface area contributed by atoms with Crippen LogP contribution in [0.1, 0.15) is 58.8 Å². The number of hydrogen-bond acceptors (Lipinski definition) is 3. The Hall–Kier alpha value is -0.900. The van der Waals surface area contributed by atoms with E-state index in [1.54, 1.807) is 6.92 Å². The second-order valence-electron chi connectivity index (χ2n) is 6.29. The molecule has 20 heavy (non-hydrogen) atoms. The van der Waals surface area contributed by atoms with Gasteiger partial charge in [0, 0.05) is 25.0 Å². The summed E-state index contributed by atoms with van der Waals surface area (Å²) in [6, 6.07) is 0.766. The molecule has 4 nitrogen and oxygen atoms in total. The van der Waals surface area contributed by atoms with Gasteiger partial charge in [-0.1, -0.05) is 12.8 Å². The van der Waals surface area contributed by atoms with Crippen LogP contribution in [0.3, 0.4) is 0 Å². The van der Waals surface area contributed by atoms with E-state index in [4.69, 9.17) is 0 Å². The summed E-state index contributed by atoms with van der Waals surface area (Å²) in [6.45, 7) is 6.00. The zero-order valence-electron chi connectivity index (χ0n) is 12.9. The van der Waals surface area contributed by atoms with Gasteiger partial charge in [0.15, 0.2) is 0 Å². The zero-order chi connectivity index (χ0) is 14.5. The van der Waals surface area contributed by atoms with Crippen LogP contribution >= 0.6 is 0 Å². The van der Waals surface area contributed by atoms with Gasteiger partial charge in [-0.15, -0.1) is 0 Å². The first-order valence-electron chi connectivity index (χ1n) is 8.14. The predicted molar refractivity (Wildman–Crippen MR) is 79.5 cm³/mol. The molecule has 1 aliphatic heterocycles. The molecule has 0 aromatic rings. The Kier molecular flexibility index (Phi) is 5.58. The number of carbonyl (C=O) groups excluding carboxylic acids is 2. The number of nitrogens with zero attached hydrogens (tertiary/aromatic N) is 2. The van der Waals surface area contributed by atoms with Crippen molar-refractivity contribution in [1.82, 2.24) is 9.80 Å². The standard InChI is InChI=1S/C16H28N2O2/c1-3-18(14-8-9-14)16(20)12-17-10-6-4-5-7-15(17)11-13(2)19/h14-15H,3-12H2,1-2H3. The maximum Gasteiger partial charge on any atom is 0.236 e. The van der Waals surface area contributed by atoms with Crippen molar-refractivity contribution in [2.45, 2.75) is 70.9 Å². The highest BCUT2D eigenvalue weighted by Gasteiger charge is 2.33. The Morgan fingerprint density at radius 2 is 1.90 bits per heavy atom. The van der Waals surface area contributed by atoms with Gasteiger partial charge in [-0.25, -0.2) is 0 Å². The van der Waals surface area contributed by atoms with Crippen molar-refractivity contribution in [2.24, 2.45) is 0 Å². The summed E-state index contributed by atoms with van der Waals surface area (Å²) in [5.41, 5.74) is 0. The van der Waals surface area contributed by atoms with Gasteiger partial charge in [-0.3, -0.25) is 14.5 Å². The van der Waals surface area contributed by atoms with Gasteiger partial charge in [-0.2, -0.15) is 0 Å². The lowest BCUT2D eigenvalue weighted by Crippen LogP contribution is -2.45. The van der Waals surface area contributed by atoms with Gasteiger partial charge in [-0.05, 0) is 46.1 Å². The van der Waals surface area contributed by atoms with Crippen molar-refractivity contribution in [1.29, 1.82) is 0 Å². The Bertz CT molecular complexity index is 352. The number of ketones is 1. The SMILES string of the molecule is CCN(C(=O)CN1CCCCCC1CC(C)=O)C1CC1. The molecule has 1 unspecified atom stereocenters. The fourth-order valence-corrected chi connectivity index (χ4v) is 3.30. The van der Waals surface area contributed by atoms with Crippen LogP contribution in [0.2, 0.25) is 0 Å². The fraction of sp³-hybridized carbons (Fsp3) is 0.875. The number of rotatable bonds is 6. The van der Waals surface area contributed by atoms with Gasteiger partial charge in [0.25, 0.3) is 0 Å². The molecular weight excluding hydrogens is 252 g/mol. The Morgan fingerprint density at radius 1 is 1.15 bits per heavy atom. The van der Waals surface area contributed by atoms with E-state index in [1.165, 1.54) is 12.8 Å². The van der Waals surface area contributed by atoms with Crippen LogP contribution in [-0.2, 0) is 9.59 Å². The largest absolute Gasteiger partial charge is 0.339 e. The summed E-state index contributed by atoms with van der Waals surface area (Å²) in [6.07, 6.45) is 7.54. The van der Waals surface area contributed by atoms with Crippen molar-refractivity contribution in [3.05, 3.63) is 0 Å². The molecule has 4 heteroatoms. The molecule has 1 amide bonds. The zero-order valence-corrected chi connectivity index (χ0v) is 12.9. The third kappa shape index (κ3) is 4.30. The molecule has 0 radical (unpaired) electrons. The minimum Gasteiger partial charge on any atom is -0.339 e. The van der Waals surface area contributed by atoms with E-state index in [0.717, 1.165) is 38.8 Å². The van der Waals surface area contributed by atoms with Gasteiger partial charge in [0.05, 0.1) is 6.54 Å². The van der Waals surface area contributed by atoms with Crippen LogP contribution < -0.4 is 0 Å². The molecule has 2 fully saturated rings. The summed E-state index contributed by atoms with van der Waals surface area (Å²) >= 11 is 0. The Labute approximate surface area is 122 Å². The van der Waals surface area contributed by atoms with Crippen molar-refractivity contribution in [3.8, 4) is 0 Å². The summed E-state index contributed by atoms with van der Waals surface area (Å²) in [5, 5.41) is 0. The topological polar surface area (TPSA) is 40.6 Å². The lowest BCUT2D eigenvalue weighted by atomic mass is 10.0. The minimum atomic E-state index is 0.240. The number of amides is 1. The Morgan fingerprint density at radius 3 is 2.50 bits per heavy atom. The van der Waals surface area contributed by atoms with Gasteiger partial charge in [0.1, 0.15) is 5.78 Å². The van der Waals surface area contributed by atoms with Crippen molar-refractivity contribution < 1.29 is 9.59 Å². The molecule has 1 saturated heterocycles. The molecular formula is C16H28N2O2. The highest BCUT2D eigenvalue weighted by molar-refractivity contribution is 5.79. The molecule has 114 valence electrons. The van der Waals surface area contributed by atoms with Gasteiger partial charge in [0.2, 0.25) is 5.91 Å². The lowest BCUT2D eigenvalue weighted by molar-refractivity contribution is -0.134. The van der Waals surface area contributed by atoms with Crippen LogP contribution in [0.4, 0.5) is 0 Å². The number of likely N-dealkylation sites (N-methyl/N-ethyl adjacent to an activating group) is 1. The highest BCUT2D eigenvalue weighted by atomic mass is 16.2. The van der Waals surface area contributed by atoms with Crippen LogP contribution in [-0.4, -0.2) is 53.2 Å². The van der Waals surface area contributed by atoms with E-state index in [1.807, 2.05) is 4.90 Å². The normalized spacial score (nSPS) is 24.2. The molecule has 1 atom stereocenters. The molecule has 0 aromatic carbocycles. The van der Waals surface area contributed by atoms with Crippen LogP contribution in [0.15, 0.2) is 0 Å². The molecule has 1 heterocycles. The number of carbonyl (C=O) groups is 2. The second kappa shape index (κ2) is 7.21. The van der Waals surface area contributed by atoms with E-state index in [2.05, 4.69) is 11.8 Å². The molecule has 2 rings (SSSR count). The van der Waals surface area contributed by atoms with E-state index in [9.17, 15) is 9.59 Å². The molecule has 1 aliphatic carbocycles. The van der Waals surface area contributed by atoms with Gasteiger partial charge >= 0.3 is 0 Å². The third-order valence-corrected chi connectivity index (χ3v) is 4.51. The first kappa shape index (κ1) is 15.5. The molecule has 0 spiro atoms. The van der Waals surface area contributed by atoms with Crippen LogP contribution in [0.5, 0.6) is 0 Å². The van der Waals surface area contributed by atoms with E-state index in [0.29, 0.717) is 19.0 Å². The van der Waals surface area contributed by atoms with E-state index in [-0.39, 0.29) is 17.7 Å². The van der Waals surface area contributed by atoms with Crippen LogP contribution in [0, 0.1) is 0 Å². The summed E-state index contributed by atoms with van der Waals surface area (Å²) in [7, 11) is 0. The average Bonchev–Trinajstić information content (AvgIpc) is 3.20. The monoisotopic (exact) mass is 280 g/mol. The van der Waals surface area contributed by atoms with Crippen LogP contribution in [0.25, 0.3) is 0 Å². The molecule has 1 saturated carbocycles. The molecule has 0 aromatic heterocycles. The molecule has 0 bridgehead atoms. The predicted octanol–water partition coefficient (Wildman–Crippen LogP) is 2.22. The second-order valence-corrected chi connectivity index (χ2v) is 6.29. The molecule has 2 aliphatic rings. The maximum absolute atomic E-state index is 12.5. The fourth-order valence-electron chi connectivity index (χ4n) is 3.30. The quantitative estimate of drug-likeness (QED) is 0.749. The smallest absolute Gasteiger partial charge is 0.236 e. The first-order valence-corrected chi connectivity index (χ1v) is 8.14. The number of hydrogen-bond donors (Lipinski definition) is 0. The minimum absolute atomic E-state index is 0.240. The maximum atomic E-state index is 12.5. The van der Waals surface area contributed by atoms with Crippen molar-refractivity contribution in [3.63, 3.8) is 0 Å². The first-order chi connectivity index (χ1) is 9.61. The van der Waals surface area contributed by atoms with Gasteiger partial charge < -0.3 is 4.90 Å². The molecule has 0 N–H and O–H groups in total. The average molecular weight is 280 g/mol. The van der Waals surface area contributed by atoms with Crippen molar-refractivity contribution >= 4 is 11.7 Å². The highest BCUT2D eigenvalue weighted by Crippen LogP contribution is 2.27. The number of likely N-dealkylation sites (tertiary alicyclic amines) is 1. The lowest BCUT2D eigenvalue weighted by Gasteiger charge is -2.31. The van der Waals surface area contributed by atoms with E-state index >= 15 is 0 Å². The summed E-state index contributed by atoms with van der Waals surface area (Å²) in [4.78, 5) is 28.2. The summed E-state index contributed by atoms with van der Waals surface area (Å²) < 4.78 is 0.